The van der Waals surface area contributed by atoms with E-state index < -0.39 is 0 Å². The van der Waals surface area contributed by atoms with Gasteiger partial charge in [0.1, 0.15) is 5.69 Å². The molecule has 0 bridgehead atoms. The maximum Gasteiger partial charge on any atom is 0.292 e. The number of hydrogen-bond donors (Lipinski definition) is 1. The molecule has 5 nitrogen and oxygen atoms in total. The van der Waals surface area contributed by atoms with Crippen LogP contribution < -0.4 is 5.32 Å². The molecule has 1 rings (SSSR count). The van der Waals surface area contributed by atoms with E-state index in [4.69, 9.17) is 4.74 Å². The van der Waals surface area contributed by atoms with Gasteiger partial charge in [-0.25, -0.2) is 0 Å². The summed E-state index contributed by atoms with van der Waals surface area (Å²) in [7, 11) is 0. The fourth-order valence-corrected chi connectivity index (χ4v) is 1.89. The second-order valence-corrected chi connectivity index (χ2v) is 4.55. The first kappa shape index (κ1) is 15.4. The molecule has 0 aromatic heterocycles. The quantitative estimate of drug-likeness (QED) is 0.575. The Balaban J connectivity index is 2.75. The molecule has 0 fully saturated rings. The highest BCUT2D eigenvalue weighted by molar-refractivity contribution is 5.62. The van der Waals surface area contributed by atoms with Crippen molar-refractivity contribution in [2.24, 2.45) is 0 Å². The van der Waals surface area contributed by atoms with Crippen LogP contribution in [0.15, 0.2) is 18.2 Å². The summed E-state index contributed by atoms with van der Waals surface area (Å²) >= 11 is 0. The van der Waals surface area contributed by atoms with Crippen molar-refractivity contribution in [2.75, 3.05) is 11.9 Å². The molecule has 0 aliphatic carbocycles. The van der Waals surface area contributed by atoms with E-state index in [1.165, 1.54) is 6.07 Å². The number of ether oxygens (including phenoxy) is 1. The Morgan fingerprint density at radius 3 is 2.74 bits per heavy atom. The SMILES string of the molecule is CCCC(C)OCc1ccc([N+](=O)[O-])c(NCC)c1. The van der Waals surface area contributed by atoms with E-state index >= 15 is 0 Å². The molecule has 0 radical (unpaired) electrons. The normalized spacial score (nSPS) is 12.2. The molecular weight excluding hydrogens is 244 g/mol. The van der Waals surface area contributed by atoms with E-state index in [0.29, 0.717) is 18.8 Å². The van der Waals surface area contributed by atoms with Crippen molar-refractivity contribution >= 4 is 11.4 Å². The number of benzene rings is 1. The summed E-state index contributed by atoms with van der Waals surface area (Å²) in [5.74, 6) is 0. The highest BCUT2D eigenvalue weighted by Crippen LogP contribution is 2.25. The second-order valence-electron chi connectivity index (χ2n) is 4.55. The average Bonchev–Trinajstić information content (AvgIpc) is 2.37. The number of hydrogen-bond acceptors (Lipinski definition) is 4. The molecule has 0 heterocycles. The molecule has 1 aromatic carbocycles. The number of nitrogens with one attached hydrogen (secondary N) is 1. The first-order valence-corrected chi connectivity index (χ1v) is 6.71. The maximum absolute atomic E-state index is 10.9. The van der Waals surface area contributed by atoms with Crippen LogP contribution in [0.25, 0.3) is 0 Å². The average molecular weight is 266 g/mol. The van der Waals surface area contributed by atoms with Crippen LogP contribution in [-0.2, 0) is 11.3 Å². The number of anilines is 1. The largest absolute Gasteiger partial charge is 0.380 e. The summed E-state index contributed by atoms with van der Waals surface area (Å²) < 4.78 is 5.70. The number of nitrogens with zero attached hydrogens (tertiary/aromatic N) is 1. The molecule has 1 atom stereocenters. The number of nitro groups is 1. The van der Waals surface area contributed by atoms with Gasteiger partial charge in [0.25, 0.3) is 5.69 Å². The number of nitro benzene ring substituents is 1. The minimum Gasteiger partial charge on any atom is -0.380 e. The molecule has 0 saturated carbocycles. The summed E-state index contributed by atoms with van der Waals surface area (Å²) in [5, 5.41) is 13.9. The summed E-state index contributed by atoms with van der Waals surface area (Å²) in [4.78, 5) is 10.5. The molecule has 0 amide bonds. The van der Waals surface area contributed by atoms with Gasteiger partial charge in [-0.3, -0.25) is 10.1 Å². The molecule has 5 heteroatoms. The van der Waals surface area contributed by atoms with Crippen LogP contribution in [0.4, 0.5) is 11.4 Å². The van der Waals surface area contributed by atoms with Gasteiger partial charge in [0.15, 0.2) is 0 Å². The molecule has 0 spiro atoms. The van der Waals surface area contributed by atoms with Crippen molar-refractivity contribution in [3.63, 3.8) is 0 Å². The predicted molar refractivity (Wildman–Crippen MR) is 76.4 cm³/mol. The van der Waals surface area contributed by atoms with Crippen molar-refractivity contribution in [1.29, 1.82) is 0 Å². The summed E-state index contributed by atoms with van der Waals surface area (Å²) in [6.45, 7) is 7.21. The fourth-order valence-electron chi connectivity index (χ4n) is 1.89. The summed E-state index contributed by atoms with van der Waals surface area (Å²) in [6, 6.07) is 5.07. The first-order chi connectivity index (χ1) is 9.08. The molecule has 19 heavy (non-hydrogen) atoms. The third-order valence-electron chi connectivity index (χ3n) is 2.85. The van der Waals surface area contributed by atoms with E-state index in [9.17, 15) is 10.1 Å². The second kappa shape index (κ2) is 7.74. The molecule has 1 N–H and O–H groups in total. The lowest BCUT2D eigenvalue weighted by Gasteiger charge is -2.13. The highest BCUT2D eigenvalue weighted by Gasteiger charge is 2.13. The Morgan fingerprint density at radius 2 is 2.16 bits per heavy atom. The molecule has 0 saturated heterocycles. The van der Waals surface area contributed by atoms with Gasteiger partial charge in [-0.2, -0.15) is 0 Å². The first-order valence-electron chi connectivity index (χ1n) is 6.71. The lowest BCUT2D eigenvalue weighted by Crippen LogP contribution is -2.08. The molecule has 1 aromatic rings. The lowest BCUT2D eigenvalue weighted by molar-refractivity contribution is -0.384. The number of rotatable bonds is 8. The minimum absolute atomic E-state index is 0.104. The van der Waals surface area contributed by atoms with Crippen LogP contribution in [0.2, 0.25) is 0 Å². The molecule has 0 aliphatic rings. The Morgan fingerprint density at radius 1 is 1.42 bits per heavy atom. The smallest absolute Gasteiger partial charge is 0.292 e. The van der Waals surface area contributed by atoms with Crippen molar-refractivity contribution in [1.82, 2.24) is 0 Å². The maximum atomic E-state index is 10.9. The zero-order valence-electron chi connectivity index (χ0n) is 11.8. The molecule has 106 valence electrons. The van der Waals surface area contributed by atoms with Crippen LogP contribution in [0.5, 0.6) is 0 Å². The van der Waals surface area contributed by atoms with Gasteiger partial charge in [-0.05, 0) is 38.0 Å². The summed E-state index contributed by atoms with van der Waals surface area (Å²) in [5.41, 5.74) is 1.61. The topological polar surface area (TPSA) is 64.4 Å². The van der Waals surface area contributed by atoms with Gasteiger partial charge >= 0.3 is 0 Å². The Kier molecular flexibility index (Phi) is 6.29. The van der Waals surface area contributed by atoms with Crippen LogP contribution in [-0.4, -0.2) is 17.6 Å². The Labute approximate surface area is 114 Å². The lowest BCUT2D eigenvalue weighted by atomic mass is 10.1. The minimum atomic E-state index is -0.373. The Hall–Kier alpha value is -1.62. The van der Waals surface area contributed by atoms with Crippen LogP contribution in [0, 0.1) is 10.1 Å². The van der Waals surface area contributed by atoms with Gasteiger partial charge < -0.3 is 10.1 Å². The predicted octanol–water partition coefficient (Wildman–Crippen LogP) is 3.73. The van der Waals surface area contributed by atoms with Crippen molar-refractivity contribution in [2.45, 2.75) is 46.3 Å². The monoisotopic (exact) mass is 266 g/mol. The molecule has 0 aliphatic heterocycles. The van der Waals surface area contributed by atoms with E-state index in [1.54, 1.807) is 12.1 Å². The molecular formula is C14H22N2O3. The summed E-state index contributed by atoms with van der Waals surface area (Å²) in [6.07, 6.45) is 2.32. The zero-order chi connectivity index (χ0) is 14.3. The van der Waals surface area contributed by atoms with Gasteiger partial charge in [0.2, 0.25) is 0 Å². The highest BCUT2D eigenvalue weighted by atomic mass is 16.6. The van der Waals surface area contributed by atoms with E-state index in [-0.39, 0.29) is 16.7 Å². The van der Waals surface area contributed by atoms with Gasteiger partial charge in [-0.15, -0.1) is 0 Å². The molecule has 1 unspecified atom stereocenters. The Bertz CT molecular complexity index is 421. The van der Waals surface area contributed by atoms with Crippen LogP contribution in [0.3, 0.4) is 0 Å². The zero-order valence-corrected chi connectivity index (χ0v) is 11.8. The van der Waals surface area contributed by atoms with Gasteiger partial charge in [0.05, 0.1) is 17.6 Å². The third-order valence-corrected chi connectivity index (χ3v) is 2.85. The van der Waals surface area contributed by atoms with E-state index in [0.717, 1.165) is 18.4 Å². The fraction of sp³-hybridized carbons (Fsp3) is 0.571. The van der Waals surface area contributed by atoms with E-state index in [1.807, 2.05) is 13.8 Å². The van der Waals surface area contributed by atoms with Crippen molar-refractivity contribution in [3.05, 3.63) is 33.9 Å². The van der Waals surface area contributed by atoms with Gasteiger partial charge in [0, 0.05) is 12.6 Å². The van der Waals surface area contributed by atoms with Gasteiger partial charge in [-0.1, -0.05) is 13.3 Å². The van der Waals surface area contributed by atoms with Crippen molar-refractivity contribution < 1.29 is 9.66 Å². The van der Waals surface area contributed by atoms with Crippen molar-refractivity contribution in [3.8, 4) is 0 Å². The van der Waals surface area contributed by atoms with E-state index in [2.05, 4.69) is 12.2 Å². The van der Waals surface area contributed by atoms with Crippen LogP contribution >= 0.6 is 0 Å². The standard InChI is InChI=1S/C14H22N2O3/c1-4-6-11(3)19-10-12-7-8-14(16(17)18)13(9-12)15-5-2/h7-9,11,15H,4-6,10H2,1-3H3. The van der Waals surface area contributed by atoms with Crippen LogP contribution in [0.1, 0.15) is 39.2 Å². The third kappa shape index (κ3) is 4.87.